The predicted molar refractivity (Wildman–Crippen MR) is 99.9 cm³/mol. The Labute approximate surface area is 142 Å². The third kappa shape index (κ3) is 17.5. The van der Waals surface area contributed by atoms with Crippen LogP contribution in [-0.4, -0.2) is 13.3 Å². The van der Waals surface area contributed by atoms with Crippen LogP contribution in [0.5, 0.6) is 0 Å². The van der Waals surface area contributed by atoms with Crippen LogP contribution >= 0.6 is 7.68 Å². The van der Waals surface area contributed by atoms with E-state index in [0.29, 0.717) is 6.42 Å². The number of hydrogen-bond donors (Lipinski definition) is 0. The van der Waals surface area contributed by atoms with Crippen molar-refractivity contribution in [1.29, 1.82) is 0 Å². The highest BCUT2D eigenvalue weighted by atomic mass is 31.2. The Hall–Kier alpha value is -0.660. The van der Waals surface area contributed by atoms with Gasteiger partial charge in [-0.05, 0) is 44.9 Å². The average molecular weight is 344 g/mol. The zero-order valence-electron chi connectivity index (χ0n) is 14.9. The number of unbranched alkanes of at least 4 members (excludes halogenated alkanes) is 6. The van der Waals surface area contributed by atoms with Gasteiger partial charge in [0.15, 0.2) is 0 Å². The van der Waals surface area contributed by atoms with Crippen LogP contribution in [0, 0.1) is 0 Å². The highest BCUT2D eigenvalue weighted by Crippen LogP contribution is 2.48. The fraction of sp³-hybridized carbons (Fsp3) is 0.684. The summed E-state index contributed by atoms with van der Waals surface area (Å²) in [7, 11) is -2.63. The standard InChI is InChI=1S/C19H34FO2P/c1-3-4-5-6-7-8-9-10-11-12-13-14-15-16-17-18-19-23(20,21)22-2/h7-8,10-11,13-14H,3-6,9,12,15-19H2,1-2H3. The first-order valence-corrected chi connectivity index (χ1v) is 10.6. The summed E-state index contributed by atoms with van der Waals surface area (Å²) < 4.78 is 28.3. The monoisotopic (exact) mass is 344 g/mol. The Morgan fingerprint density at radius 3 is 1.87 bits per heavy atom. The van der Waals surface area contributed by atoms with Crippen LogP contribution in [0.4, 0.5) is 4.20 Å². The van der Waals surface area contributed by atoms with E-state index in [2.05, 4.69) is 47.9 Å². The van der Waals surface area contributed by atoms with Crippen LogP contribution in [0.15, 0.2) is 36.5 Å². The van der Waals surface area contributed by atoms with Gasteiger partial charge in [0.25, 0.3) is 0 Å². The van der Waals surface area contributed by atoms with Gasteiger partial charge in [-0.3, -0.25) is 4.57 Å². The van der Waals surface area contributed by atoms with Crippen molar-refractivity contribution in [3.05, 3.63) is 36.5 Å². The van der Waals surface area contributed by atoms with Gasteiger partial charge in [-0.1, -0.05) is 62.6 Å². The minimum Gasteiger partial charge on any atom is -0.309 e. The summed E-state index contributed by atoms with van der Waals surface area (Å²) >= 11 is 0. The molecule has 0 aromatic rings. The molecule has 1 unspecified atom stereocenters. The van der Waals surface area contributed by atoms with Crippen LogP contribution < -0.4 is 0 Å². The van der Waals surface area contributed by atoms with Crippen molar-refractivity contribution in [2.75, 3.05) is 13.3 Å². The topological polar surface area (TPSA) is 26.3 Å². The van der Waals surface area contributed by atoms with E-state index in [9.17, 15) is 8.76 Å². The van der Waals surface area contributed by atoms with E-state index < -0.39 is 7.68 Å². The molecule has 0 saturated carbocycles. The maximum Gasteiger partial charge on any atom is 0.367 e. The molecular weight excluding hydrogens is 310 g/mol. The highest BCUT2D eigenvalue weighted by Gasteiger charge is 2.18. The molecule has 0 heterocycles. The first-order chi connectivity index (χ1) is 11.1. The molecule has 0 amide bonds. The normalized spacial score (nSPS) is 15.1. The Bertz CT molecular complexity index is 389. The van der Waals surface area contributed by atoms with Gasteiger partial charge in [0.1, 0.15) is 0 Å². The lowest BCUT2D eigenvalue weighted by Gasteiger charge is -2.04. The van der Waals surface area contributed by atoms with Gasteiger partial charge < -0.3 is 4.52 Å². The number of halogens is 1. The van der Waals surface area contributed by atoms with E-state index in [4.69, 9.17) is 0 Å². The van der Waals surface area contributed by atoms with Crippen molar-refractivity contribution in [1.82, 2.24) is 0 Å². The largest absolute Gasteiger partial charge is 0.367 e. The molecular formula is C19H34FO2P. The SMILES string of the molecule is CCCCCC=CCC=CCC=CCCCCCP(=O)(F)OC. The van der Waals surface area contributed by atoms with E-state index in [0.717, 1.165) is 32.1 Å². The maximum absolute atomic E-state index is 13.0. The number of rotatable bonds is 15. The smallest absolute Gasteiger partial charge is 0.309 e. The molecule has 0 bridgehead atoms. The molecule has 0 saturated heterocycles. The van der Waals surface area contributed by atoms with Gasteiger partial charge in [-0.15, -0.1) is 0 Å². The molecule has 1 atom stereocenters. The summed E-state index contributed by atoms with van der Waals surface area (Å²) in [5.41, 5.74) is 0. The second kappa shape index (κ2) is 16.2. The predicted octanol–water partition coefficient (Wildman–Crippen LogP) is 7.38. The van der Waals surface area contributed by atoms with Crippen molar-refractivity contribution in [2.45, 2.75) is 71.1 Å². The van der Waals surface area contributed by atoms with Crippen molar-refractivity contribution in [3.63, 3.8) is 0 Å². The number of hydrogen-bond acceptors (Lipinski definition) is 2. The van der Waals surface area contributed by atoms with E-state index in [1.54, 1.807) is 0 Å². The van der Waals surface area contributed by atoms with Crippen LogP contribution in [0.3, 0.4) is 0 Å². The summed E-state index contributed by atoms with van der Waals surface area (Å²) in [6.07, 6.45) is 23.9. The van der Waals surface area contributed by atoms with Gasteiger partial charge in [0, 0.05) is 7.11 Å². The Morgan fingerprint density at radius 1 is 0.826 bits per heavy atom. The Morgan fingerprint density at radius 2 is 1.35 bits per heavy atom. The Kier molecular flexibility index (Phi) is 15.7. The van der Waals surface area contributed by atoms with Gasteiger partial charge in [0.05, 0.1) is 6.16 Å². The second-order valence-electron chi connectivity index (χ2n) is 5.73. The lowest BCUT2D eigenvalue weighted by atomic mass is 10.2. The molecule has 0 fully saturated rings. The average Bonchev–Trinajstić information content (AvgIpc) is 2.54. The molecule has 0 spiro atoms. The third-order valence-corrected chi connectivity index (χ3v) is 4.98. The quantitative estimate of drug-likeness (QED) is 0.176. The fourth-order valence-electron chi connectivity index (χ4n) is 2.12. The third-order valence-electron chi connectivity index (χ3n) is 3.59. The summed E-state index contributed by atoms with van der Waals surface area (Å²) in [6, 6.07) is 0. The minimum atomic E-state index is -3.79. The molecule has 134 valence electrons. The molecule has 0 rings (SSSR count). The number of allylic oxidation sites excluding steroid dienone is 6. The highest BCUT2D eigenvalue weighted by molar-refractivity contribution is 7.53. The fourth-order valence-corrected chi connectivity index (χ4v) is 2.90. The van der Waals surface area contributed by atoms with Gasteiger partial charge in [0.2, 0.25) is 0 Å². The first kappa shape index (κ1) is 22.3. The van der Waals surface area contributed by atoms with Crippen molar-refractivity contribution < 1.29 is 13.3 Å². The van der Waals surface area contributed by atoms with Gasteiger partial charge in [-0.25, -0.2) is 0 Å². The molecule has 0 aromatic heterocycles. The summed E-state index contributed by atoms with van der Waals surface area (Å²) in [6.45, 7) is 2.23. The first-order valence-electron chi connectivity index (χ1n) is 8.92. The summed E-state index contributed by atoms with van der Waals surface area (Å²) in [4.78, 5) is 0. The molecule has 4 heteroatoms. The van der Waals surface area contributed by atoms with E-state index in [-0.39, 0.29) is 6.16 Å². The van der Waals surface area contributed by atoms with Crippen LogP contribution in [-0.2, 0) is 9.09 Å². The van der Waals surface area contributed by atoms with Crippen molar-refractivity contribution >= 4 is 7.68 Å². The zero-order valence-corrected chi connectivity index (χ0v) is 15.8. The molecule has 23 heavy (non-hydrogen) atoms. The maximum atomic E-state index is 13.0. The summed E-state index contributed by atoms with van der Waals surface area (Å²) in [5, 5.41) is 0. The van der Waals surface area contributed by atoms with Gasteiger partial charge >= 0.3 is 7.68 Å². The van der Waals surface area contributed by atoms with Crippen molar-refractivity contribution in [2.24, 2.45) is 0 Å². The van der Waals surface area contributed by atoms with Crippen LogP contribution in [0.2, 0.25) is 0 Å². The van der Waals surface area contributed by atoms with E-state index in [1.165, 1.54) is 32.8 Å². The molecule has 0 aliphatic heterocycles. The molecule has 0 radical (unpaired) electrons. The minimum absolute atomic E-state index is 0.0436. The second-order valence-corrected chi connectivity index (χ2v) is 7.72. The zero-order chi connectivity index (χ0) is 17.2. The molecule has 2 nitrogen and oxygen atoms in total. The lowest BCUT2D eigenvalue weighted by Crippen LogP contribution is -1.87. The molecule has 0 aliphatic rings. The van der Waals surface area contributed by atoms with Crippen molar-refractivity contribution in [3.8, 4) is 0 Å². The summed E-state index contributed by atoms with van der Waals surface area (Å²) in [5.74, 6) is 0. The van der Waals surface area contributed by atoms with Crippen LogP contribution in [0.1, 0.15) is 71.1 Å². The van der Waals surface area contributed by atoms with Gasteiger partial charge in [-0.2, -0.15) is 4.20 Å². The Balaban J connectivity index is 3.40. The lowest BCUT2D eigenvalue weighted by molar-refractivity contribution is 0.354. The molecule has 0 aliphatic carbocycles. The van der Waals surface area contributed by atoms with E-state index in [1.807, 2.05) is 0 Å². The molecule has 0 N–H and O–H groups in total. The molecule has 0 aromatic carbocycles. The van der Waals surface area contributed by atoms with Crippen LogP contribution in [0.25, 0.3) is 0 Å². The van der Waals surface area contributed by atoms with E-state index >= 15 is 0 Å².